The molecule has 2 aromatic carbocycles. The Kier molecular flexibility index (Phi) is 4.83. The number of carbonyl (C=O) groups is 1. The topological polar surface area (TPSA) is 36.1 Å². The van der Waals surface area contributed by atoms with Crippen molar-refractivity contribution in [2.45, 2.75) is 19.4 Å². The van der Waals surface area contributed by atoms with Crippen LogP contribution >= 0.6 is 23.2 Å². The molecule has 0 fully saturated rings. The van der Waals surface area contributed by atoms with E-state index in [2.05, 4.69) is 4.98 Å². The summed E-state index contributed by atoms with van der Waals surface area (Å²) in [6, 6.07) is 13.2. The summed E-state index contributed by atoms with van der Waals surface area (Å²) in [4.78, 5) is 17.6. The van der Waals surface area contributed by atoms with Gasteiger partial charge >= 0.3 is 0 Å². The maximum atomic E-state index is 12.7. The van der Waals surface area contributed by atoms with Gasteiger partial charge in [-0.3, -0.25) is 4.79 Å². The van der Waals surface area contributed by atoms with Crippen molar-refractivity contribution < 1.29 is 4.79 Å². The van der Waals surface area contributed by atoms with Gasteiger partial charge in [-0.25, -0.2) is 0 Å². The Morgan fingerprint density at radius 2 is 1.96 bits per heavy atom. The Morgan fingerprint density at radius 1 is 1.21 bits per heavy atom. The average molecular weight is 361 g/mol. The van der Waals surface area contributed by atoms with E-state index in [1.165, 1.54) is 0 Å². The molecule has 0 aliphatic carbocycles. The Labute approximate surface area is 151 Å². The number of aromatic amines is 1. The smallest absolute Gasteiger partial charge is 0.227 e. The summed E-state index contributed by atoms with van der Waals surface area (Å²) in [6.07, 6.45) is 2.24. The molecule has 0 aliphatic heterocycles. The third kappa shape index (κ3) is 3.28. The molecule has 0 saturated heterocycles. The molecule has 3 aromatic rings. The number of aromatic nitrogens is 1. The van der Waals surface area contributed by atoms with Crippen LogP contribution in [0, 0.1) is 0 Å². The molecule has 0 spiro atoms. The minimum atomic E-state index is -0.132. The van der Waals surface area contributed by atoms with Crippen molar-refractivity contribution in [3.8, 4) is 0 Å². The molecule has 0 bridgehead atoms. The van der Waals surface area contributed by atoms with Gasteiger partial charge in [-0.15, -0.1) is 0 Å². The van der Waals surface area contributed by atoms with E-state index in [-0.39, 0.29) is 11.9 Å². The lowest BCUT2D eigenvalue weighted by Crippen LogP contribution is -2.31. The zero-order valence-electron chi connectivity index (χ0n) is 13.5. The minimum Gasteiger partial charge on any atom is -0.361 e. The van der Waals surface area contributed by atoms with Gasteiger partial charge in [0.15, 0.2) is 0 Å². The second-order valence-corrected chi connectivity index (χ2v) is 6.73. The van der Waals surface area contributed by atoms with Crippen molar-refractivity contribution in [3.05, 3.63) is 69.8 Å². The van der Waals surface area contributed by atoms with E-state index < -0.39 is 0 Å². The van der Waals surface area contributed by atoms with E-state index in [0.717, 1.165) is 22.0 Å². The minimum absolute atomic E-state index is 0.0401. The van der Waals surface area contributed by atoms with Crippen LogP contribution in [-0.4, -0.2) is 22.8 Å². The number of halogens is 2. The van der Waals surface area contributed by atoms with E-state index >= 15 is 0 Å². The lowest BCUT2D eigenvalue weighted by Gasteiger charge is -2.26. The van der Waals surface area contributed by atoms with Crippen molar-refractivity contribution in [1.82, 2.24) is 9.88 Å². The first kappa shape index (κ1) is 16.9. The van der Waals surface area contributed by atoms with Crippen LogP contribution in [-0.2, 0) is 11.2 Å². The molecule has 3 rings (SSSR count). The van der Waals surface area contributed by atoms with Crippen molar-refractivity contribution in [2.24, 2.45) is 0 Å². The molecule has 1 atom stereocenters. The highest BCUT2D eigenvalue weighted by Crippen LogP contribution is 2.29. The molecule has 1 unspecified atom stereocenters. The molecule has 1 aromatic heterocycles. The number of nitrogens with zero attached hydrogens (tertiary/aromatic N) is 1. The predicted molar refractivity (Wildman–Crippen MR) is 99.6 cm³/mol. The van der Waals surface area contributed by atoms with Crippen LogP contribution in [0.4, 0.5) is 0 Å². The van der Waals surface area contributed by atoms with Gasteiger partial charge in [-0.05, 0) is 36.2 Å². The summed E-state index contributed by atoms with van der Waals surface area (Å²) < 4.78 is 0. The highest BCUT2D eigenvalue weighted by atomic mass is 35.5. The molecule has 124 valence electrons. The number of rotatable bonds is 4. The van der Waals surface area contributed by atoms with Gasteiger partial charge in [0, 0.05) is 34.2 Å². The monoisotopic (exact) mass is 360 g/mol. The molecule has 0 saturated carbocycles. The largest absolute Gasteiger partial charge is 0.361 e. The third-order valence-corrected chi connectivity index (χ3v) is 4.97. The van der Waals surface area contributed by atoms with Crippen LogP contribution in [0.5, 0.6) is 0 Å². The first-order valence-electron chi connectivity index (χ1n) is 7.73. The Morgan fingerprint density at radius 3 is 2.71 bits per heavy atom. The number of benzene rings is 2. The summed E-state index contributed by atoms with van der Waals surface area (Å²) >= 11 is 12.2. The number of nitrogens with one attached hydrogen (secondary N) is 1. The molecule has 24 heavy (non-hydrogen) atoms. The summed E-state index contributed by atoms with van der Waals surface area (Å²) in [5, 5.41) is 2.24. The molecule has 3 nitrogen and oxygen atoms in total. The van der Waals surface area contributed by atoms with Crippen LogP contribution in [0.2, 0.25) is 10.0 Å². The second-order valence-electron chi connectivity index (χ2n) is 5.88. The van der Waals surface area contributed by atoms with E-state index in [0.29, 0.717) is 16.5 Å². The van der Waals surface area contributed by atoms with Crippen LogP contribution in [0.1, 0.15) is 24.1 Å². The number of hydrogen-bond acceptors (Lipinski definition) is 1. The highest BCUT2D eigenvalue weighted by Gasteiger charge is 2.20. The van der Waals surface area contributed by atoms with Crippen molar-refractivity contribution >= 4 is 40.0 Å². The van der Waals surface area contributed by atoms with Crippen LogP contribution < -0.4 is 0 Å². The lowest BCUT2D eigenvalue weighted by atomic mass is 10.1. The molecular formula is C19H18Cl2N2O. The summed E-state index contributed by atoms with van der Waals surface area (Å²) in [5.74, 6) is 0.0401. The van der Waals surface area contributed by atoms with Gasteiger partial charge in [-0.1, -0.05) is 47.5 Å². The molecule has 0 radical (unpaired) electrons. The summed E-state index contributed by atoms with van der Waals surface area (Å²) in [6.45, 7) is 1.96. The number of fused-ring (bicyclic) bond motifs is 1. The van der Waals surface area contributed by atoms with Crippen molar-refractivity contribution in [1.29, 1.82) is 0 Å². The Bertz CT molecular complexity index is 888. The number of H-pyrrole nitrogens is 1. The number of likely N-dealkylation sites (N-methyl/N-ethyl adjacent to an activating group) is 1. The Hall–Kier alpha value is -1.97. The normalized spacial score (nSPS) is 12.3. The van der Waals surface area contributed by atoms with Crippen LogP contribution in [0.15, 0.2) is 48.7 Å². The second kappa shape index (κ2) is 6.88. The highest BCUT2D eigenvalue weighted by molar-refractivity contribution is 6.35. The maximum Gasteiger partial charge on any atom is 0.227 e. The number of hydrogen-bond donors (Lipinski definition) is 1. The van der Waals surface area contributed by atoms with Crippen LogP contribution in [0.3, 0.4) is 0 Å². The number of para-hydroxylation sites is 1. The van der Waals surface area contributed by atoms with Gasteiger partial charge in [-0.2, -0.15) is 0 Å². The standard InChI is InChI=1S/C19H18Cl2N2O/c1-12(15-8-7-14(20)10-17(15)21)23(2)19(24)9-13-11-22-18-6-4-3-5-16(13)18/h3-8,10-12,22H,9H2,1-2H3. The molecular weight excluding hydrogens is 343 g/mol. The fraction of sp³-hybridized carbons (Fsp3) is 0.211. The number of amides is 1. The molecule has 5 heteroatoms. The zero-order valence-corrected chi connectivity index (χ0v) is 15.0. The first-order valence-corrected chi connectivity index (χ1v) is 8.48. The molecule has 1 N–H and O–H groups in total. The van der Waals surface area contributed by atoms with E-state index in [9.17, 15) is 4.79 Å². The fourth-order valence-corrected chi connectivity index (χ4v) is 3.40. The summed E-state index contributed by atoms with van der Waals surface area (Å²) in [7, 11) is 1.80. The van der Waals surface area contributed by atoms with Crippen LogP contribution in [0.25, 0.3) is 10.9 Å². The molecule has 1 amide bonds. The lowest BCUT2D eigenvalue weighted by molar-refractivity contribution is -0.131. The van der Waals surface area contributed by atoms with Gasteiger partial charge in [0.05, 0.1) is 12.5 Å². The molecule has 0 aliphatic rings. The Balaban J connectivity index is 1.79. The van der Waals surface area contributed by atoms with Crippen molar-refractivity contribution in [3.63, 3.8) is 0 Å². The predicted octanol–water partition coefficient (Wildman–Crippen LogP) is 5.24. The quantitative estimate of drug-likeness (QED) is 0.678. The van der Waals surface area contributed by atoms with Gasteiger partial charge < -0.3 is 9.88 Å². The first-order chi connectivity index (χ1) is 11.5. The fourth-order valence-electron chi connectivity index (χ4n) is 2.83. The SMILES string of the molecule is CC(c1ccc(Cl)cc1Cl)N(C)C(=O)Cc1c[nH]c2ccccc12. The van der Waals surface area contributed by atoms with E-state index in [4.69, 9.17) is 23.2 Å². The van der Waals surface area contributed by atoms with E-state index in [1.54, 1.807) is 24.1 Å². The molecule has 1 heterocycles. The van der Waals surface area contributed by atoms with E-state index in [1.807, 2.05) is 43.5 Å². The van der Waals surface area contributed by atoms with Gasteiger partial charge in [0.25, 0.3) is 0 Å². The van der Waals surface area contributed by atoms with Gasteiger partial charge in [0.1, 0.15) is 0 Å². The average Bonchev–Trinajstić information content (AvgIpc) is 2.97. The van der Waals surface area contributed by atoms with Gasteiger partial charge in [0.2, 0.25) is 5.91 Å². The third-order valence-electron chi connectivity index (χ3n) is 4.40. The van der Waals surface area contributed by atoms with Crippen molar-refractivity contribution in [2.75, 3.05) is 7.05 Å². The summed E-state index contributed by atoms with van der Waals surface area (Å²) in [5.41, 5.74) is 2.92. The number of carbonyl (C=O) groups excluding carboxylic acids is 1. The maximum absolute atomic E-state index is 12.7. The zero-order chi connectivity index (χ0) is 17.3.